The lowest BCUT2D eigenvalue weighted by Gasteiger charge is -2.33. The summed E-state index contributed by atoms with van der Waals surface area (Å²) >= 11 is 0. The van der Waals surface area contributed by atoms with Gasteiger partial charge < -0.3 is 20.4 Å². The summed E-state index contributed by atoms with van der Waals surface area (Å²) in [6.45, 7) is 12.8. The largest absolute Gasteiger partial charge is 0.356 e. The summed E-state index contributed by atoms with van der Waals surface area (Å²) in [7, 11) is 1.87. The molecule has 2 heterocycles. The van der Waals surface area contributed by atoms with E-state index in [-0.39, 0.29) is 0 Å². The van der Waals surface area contributed by atoms with Crippen LogP contribution in [0.2, 0.25) is 0 Å². The van der Waals surface area contributed by atoms with E-state index >= 15 is 0 Å². The molecule has 2 unspecified atom stereocenters. The summed E-state index contributed by atoms with van der Waals surface area (Å²) in [6, 6.07) is 0.769. The van der Waals surface area contributed by atoms with E-state index in [4.69, 9.17) is 0 Å². The lowest BCUT2D eigenvalue weighted by atomic mass is 10.0. The van der Waals surface area contributed by atoms with Crippen molar-refractivity contribution >= 4 is 5.96 Å². The molecule has 0 saturated carbocycles. The molecule has 2 rings (SSSR count). The van der Waals surface area contributed by atoms with Crippen molar-refractivity contribution in [3.8, 4) is 0 Å². The maximum absolute atomic E-state index is 4.35. The summed E-state index contributed by atoms with van der Waals surface area (Å²) in [5, 5.41) is 6.97. The third-order valence-corrected chi connectivity index (χ3v) is 5.45. The van der Waals surface area contributed by atoms with Gasteiger partial charge in [0.25, 0.3) is 0 Å². The Labute approximate surface area is 142 Å². The maximum atomic E-state index is 4.35. The lowest BCUT2D eigenvalue weighted by Crippen LogP contribution is -2.42. The van der Waals surface area contributed by atoms with E-state index < -0.39 is 0 Å². The molecule has 0 aliphatic carbocycles. The van der Waals surface area contributed by atoms with Gasteiger partial charge in [-0.05, 0) is 58.2 Å². The predicted octanol–water partition coefficient (Wildman–Crippen LogP) is 1.76. The fourth-order valence-corrected chi connectivity index (χ4v) is 3.81. The van der Waals surface area contributed by atoms with Gasteiger partial charge in [0.2, 0.25) is 0 Å². The van der Waals surface area contributed by atoms with Gasteiger partial charge in [-0.15, -0.1) is 0 Å². The number of rotatable bonds is 7. The molecule has 0 radical (unpaired) electrons. The normalized spacial score (nSPS) is 27.3. The van der Waals surface area contributed by atoms with E-state index in [1.165, 1.54) is 64.8 Å². The van der Waals surface area contributed by atoms with E-state index in [1.54, 1.807) is 0 Å². The van der Waals surface area contributed by atoms with Crippen molar-refractivity contribution in [1.29, 1.82) is 0 Å². The molecule has 23 heavy (non-hydrogen) atoms. The number of hydrogen-bond acceptors (Lipinski definition) is 3. The van der Waals surface area contributed by atoms with Crippen LogP contribution in [-0.2, 0) is 0 Å². The average Bonchev–Trinajstić information content (AvgIpc) is 3.04. The summed E-state index contributed by atoms with van der Waals surface area (Å²) in [4.78, 5) is 9.52. The molecule has 2 aliphatic rings. The van der Waals surface area contributed by atoms with Crippen LogP contribution >= 0.6 is 0 Å². The van der Waals surface area contributed by atoms with Gasteiger partial charge in [0, 0.05) is 39.3 Å². The first kappa shape index (κ1) is 18.5. The topological polar surface area (TPSA) is 42.9 Å². The van der Waals surface area contributed by atoms with E-state index in [9.17, 15) is 0 Å². The molecule has 2 N–H and O–H groups in total. The van der Waals surface area contributed by atoms with Crippen molar-refractivity contribution in [2.75, 3.05) is 52.9 Å². The molecule has 2 atom stereocenters. The zero-order valence-electron chi connectivity index (χ0n) is 15.5. The summed E-state index contributed by atoms with van der Waals surface area (Å²) in [6.07, 6.45) is 6.65. The number of guanidine groups is 1. The molecule has 0 bridgehead atoms. The second kappa shape index (κ2) is 10.1. The smallest absolute Gasteiger partial charge is 0.190 e. The highest BCUT2D eigenvalue weighted by Gasteiger charge is 2.21. The Morgan fingerprint density at radius 1 is 1.17 bits per heavy atom. The van der Waals surface area contributed by atoms with Crippen molar-refractivity contribution in [1.82, 2.24) is 20.4 Å². The molecule has 5 heteroatoms. The van der Waals surface area contributed by atoms with Crippen LogP contribution in [0.1, 0.15) is 46.0 Å². The van der Waals surface area contributed by atoms with E-state index in [2.05, 4.69) is 39.3 Å². The Morgan fingerprint density at radius 3 is 2.74 bits per heavy atom. The van der Waals surface area contributed by atoms with E-state index in [0.29, 0.717) is 0 Å². The number of nitrogens with one attached hydrogen (secondary N) is 2. The Morgan fingerprint density at radius 2 is 2.04 bits per heavy atom. The zero-order valence-corrected chi connectivity index (χ0v) is 15.5. The van der Waals surface area contributed by atoms with E-state index in [0.717, 1.165) is 31.0 Å². The minimum Gasteiger partial charge on any atom is -0.356 e. The summed E-state index contributed by atoms with van der Waals surface area (Å²) in [5.41, 5.74) is 0. The van der Waals surface area contributed by atoms with Gasteiger partial charge in [-0.25, -0.2) is 0 Å². The minimum atomic E-state index is 0.766. The molecule has 0 amide bonds. The molecule has 134 valence electrons. The third-order valence-electron chi connectivity index (χ3n) is 5.45. The highest BCUT2D eigenvalue weighted by molar-refractivity contribution is 5.79. The summed E-state index contributed by atoms with van der Waals surface area (Å²) in [5.74, 6) is 1.73. The second-order valence-electron chi connectivity index (χ2n) is 7.16. The average molecular weight is 324 g/mol. The van der Waals surface area contributed by atoms with Gasteiger partial charge in [-0.1, -0.05) is 13.3 Å². The molecule has 0 aromatic rings. The fourth-order valence-electron chi connectivity index (χ4n) is 3.81. The molecule has 0 aromatic heterocycles. The van der Waals surface area contributed by atoms with Crippen molar-refractivity contribution in [3.05, 3.63) is 0 Å². The van der Waals surface area contributed by atoms with E-state index in [1.807, 2.05) is 7.05 Å². The SMILES string of the molecule is CCN1CCC(CNC(=NC)NCCCN2CCCCC2C)C1. The van der Waals surface area contributed by atoms with Crippen LogP contribution in [0.15, 0.2) is 4.99 Å². The second-order valence-corrected chi connectivity index (χ2v) is 7.16. The first-order valence-corrected chi connectivity index (χ1v) is 9.63. The number of piperidine rings is 1. The van der Waals surface area contributed by atoms with Gasteiger partial charge in [0.05, 0.1) is 0 Å². The first-order chi connectivity index (χ1) is 11.2. The molecule has 0 aromatic carbocycles. The number of hydrogen-bond donors (Lipinski definition) is 2. The van der Waals surface area contributed by atoms with Crippen molar-refractivity contribution in [2.45, 2.75) is 52.0 Å². The summed E-state index contributed by atoms with van der Waals surface area (Å²) < 4.78 is 0. The third kappa shape index (κ3) is 6.30. The molecule has 2 fully saturated rings. The van der Waals surface area contributed by atoms with Crippen LogP contribution in [0.25, 0.3) is 0 Å². The monoisotopic (exact) mass is 323 g/mol. The fraction of sp³-hybridized carbons (Fsp3) is 0.944. The molecule has 2 saturated heterocycles. The van der Waals surface area contributed by atoms with Crippen LogP contribution in [-0.4, -0.2) is 74.7 Å². The molecule has 5 nitrogen and oxygen atoms in total. The molecule has 2 aliphatic heterocycles. The van der Waals surface area contributed by atoms with Gasteiger partial charge in [0.15, 0.2) is 5.96 Å². The molecular formula is C18H37N5. The maximum Gasteiger partial charge on any atom is 0.190 e. The van der Waals surface area contributed by atoms with Crippen LogP contribution in [0.5, 0.6) is 0 Å². The Balaban J connectivity index is 1.56. The van der Waals surface area contributed by atoms with Gasteiger partial charge in [-0.2, -0.15) is 0 Å². The van der Waals surface area contributed by atoms with Crippen molar-refractivity contribution in [2.24, 2.45) is 10.9 Å². The first-order valence-electron chi connectivity index (χ1n) is 9.63. The van der Waals surface area contributed by atoms with Crippen LogP contribution < -0.4 is 10.6 Å². The van der Waals surface area contributed by atoms with Crippen molar-refractivity contribution in [3.63, 3.8) is 0 Å². The van der Waals surface area contributed by atoms with Gasteiger partial charge in [-0.3, -0.25) is 4.99 Å². The van der Waals surface area contributed by atoms with Gasteiger partial charge >= 0.3 is 0 Å². The van der Waals surface area contributed by atoms with Crippen molar-refractivity contribution < 1.29 is 0 Å². The van der Waals surface area contributed by atoms with Crippen LogP contribution in [0.3, 0.4) is 0 Å². The van der Waals surface area contributed by atoms with Crippen LogP contribution in [0.4, 0.5) is 0 Å². The highest BCUT2D eigenvalue weighted by Crippen LogP contribution is 2.16. The molecular weight excluding hydrogens is 286 g/mol. The minimum absolute atomic E-state index is 0.766. The standard InChI is InChI=1S/C18H37N5/c1-4-22-13-9-17(15-22)14-21-18(19-3)20-10-7-12-23-11-6-5-8-16(23)2/h16-17H,4-15H2,1-3H3,(H2,19,20,21). The Bertz CT molecular complexity index is 357. The number of nitrogens with zero attached hydrogens (tertiary/aromatic N) is 3. The quantitative estimate of drug-likeness (QED) is 0.426. The molecule has 0 spiro atoms. The predicted molar refractivity (Wildman–Crippen MR) is 99.1 cm³/mol. The Kier molecular flexibility index (Phi) is 8.17. The van der Waals surface area contributed by atoms with Gasteiger partial charge in [0.1, 0.15) is 0 Å². The highest BCUT2D eigenvalue weighted by atomic mass is 15.2. The lowest BCUT2D eigenvalue weighted by molar-refractivity contribution is 0.159. The van der Waals surface area contributed by atoms with Crippen LogP contribution in [0, 0.1) is 5.92 Å². The number of likely N-dealkylation sites (tertiary alicyclic amines) is 2. The zero-order chi connectivity index (χ0) is 16.5. The Hall–Kier alpha value is -0.810. The number of aliphatic imine (C=N–C) groups is 1.